The third kappa shape index (κ3) is 1.36. The molecule has 0 spiro atoms. The smallest absolute Gasteiger partial charge is 0.311 e. The standard InChI is InChI=1S/C11H17NO2/c1-3-14-11(13)9-7-4-5-8(6-7)10(9)12-2/h4-5,7-10,12H,3,6H2,1-2H3/t7-,8+,9-,10+/m1/s1. The summed E-state index contributed by atoms with van der Waals surface area (Å²) in [6.07, 6.45) is 5.50. The summed E-state index contributed by atoms with van der Waals surface area (Å²) in [6.45, 7) is 2.34. The Morgan fingerprint density at radius 1 is 1.50 bits per heavy atom. The number of hydrogen-bond donors (Lipinski definition) is 1. The largest absolute Gasteiger partial charge is 0.466 e. The lowest BCUT2D eigenvalue weighted by atomic mass is 9.89. The molecule has 14 heavy (non-hydrogen) atoms. The number of hydrogen-bond acceptors (Lipinski definition) is 3. The van der Waals surface area contributed by atoms with E-state index in [1.165, 1.54) is 0 Å². The van der Waals surface area contributed by atoms with Gasteiger partial charge >= 0.3 is 5.97 Å². The third-order valence-electron chi connectivity index (χ3n) is 3.35. The first-order chi connectivity index (χ1) is 6.77. The molecule has 0 heterocycles. The lowest BCUT2D eigenvalue weighted by Gasteiger charge is -2.25. The first-order valence-corrected chi connectivity index (χ1v) is 5.30. The number of ether oxygens (including phenoxy) is 1. The van der Waals surface area contributed by atoms with E-state index in [0.29, 0.717) is 18.4 Å². The first kappa shape index (κ1) is 9.71. The third-order valence-corrected chi connectivity index (χ3v) is 3.35. The van der Waals surface area contributed by atoms with Gasteiger partial charge in [-0.2, -0.15) is 0 Å². The molecule has 4 atom stereocenters. The van der Waals surface area contributed by atoms with Gasteiger partial charge in [0, 0.05) is 6.04 Å². The predicted octanol–water partition coefficient (Wildman–Crippen LogP) is 0.960. The van der Waals surface area contributed by atoms with Crippen molar-refractivity contribution >= 4 is 5.97 Å². The van der Waals surface area contributed by atoms with E-state index >= 15 is 0 Å². The Kier molecular flexibility index (Phi) is 2.59. The quantitative estimate of drug-likeness (QED) is 0.538. The summed E-state index contributed by atoms with van der Waals surface area (Å²) in [7, 11) is 1.92. The molecule has 1 fully saturated rings. The molecular formula is C11H17NO2. The van der Waals surface area contributed by atoms with Crippen molar-refractivity contribution in [3.63, 3.8) is 0 Å². The van der Waals surface area contributed by atoms with E-state index in [1.807, 2.05) is 14.0 Å². The summed E-state index contributed by atoms with van der Waals surface area (Å²) in [5, 5.41) is 3.23. The molecule has 0 unspecified atom stereocenters. The number of esters is 1. The van der Waals surface area contributed by atoms with Crippen molar-refractivity contribution in [1.29, 1.82) is 0 Å². The van der Waals surface area contributed by atoms with E-state index in [-0.39, 0.29) is 17.9 Å². The molecule has 0 aromatic heterocycles. The second kappa shape index (κ2) is 3.73. The van der Waals surface area contributed by atoms with Crippen LogP contribution in [0.25, 0.3) is 0 Å². The number of rotatable bonds is 3. The van der Waals surface area contributed by atoms with E-state index in [4.69, 9.17) is 4.74 Å². The van der Waals surface area contributed by atoms with Crippen molar-refractivity contribution in [2.24, 2.45) is 17.8 Å². The summed E-state index contributed by atoms with van der Waals surface area (Å²) in [4.78, 5) is 11.7. The van der Waals surface area contributed by atoms with E-state index in [1.54, 1.807) is 0 Å². The van der Waals surface area contributed by atoms with Crippen molar-refractivity contribution in [3.8, 4) is 0 Å². The van der Waals surface area contributed by atoms with Gasteiger partial charge in [-0.15, -0.1) is 0 Å². The highest BCUT2D eigenvalue weighted by molar-refractivity contribution is 5.75. The van der Waals surface area contributed by atoms with Crippen molar-refractivity contribution < 1.29 is 9.53 Å². The molecule has 2 aliphatic carbocycles. The SMILES string of the molecule is CCOC(=O)[C@H]1[C@@H](NC)[C@H]2C=C[C@@H]1C2. The Morgan fingerprint density at radius 3 is 2.86 bits per heavy atom. The zero-order chi connectivity index (χ0) is 10.1. The minimum atomic E-state index is -0.0382. The Morgan fingerprint density at radius 2 is 2.21 bits per heavy atom. The molecule has 1 N–H and O–H groups in total. The average Bonchev–Trinajstić information content (AvgIpc) is 2.76. The van der Waals surface area contributed by atoms with Gasteiger partial charge < -0.3 is 10.1 Å². The van der Waals surface area contributed by atoms with Crippen molar-refractivity contribution in [2.45, 2.75) is 19.4 Å². The molecule has 3 nitrogen and oxygen atoms in total. The molecule has 0 radical (unpaired) electrons. The molecule has 78 valence electrons. The van der Waals surface area contributed by atoms with Crippen LogP contribution in [0.15, 0.2) is 12.2 Å². The molecule has 0 aromatic carbocycles. The highest BCUT2D eigenvalue weighted by Crippen LogP contribution is 2.44. The molecule has 2 bridgehead atoms. The zero-order valence-electron chi connectivity index (χ0n) is 8.69. The summed E-state index contributed by atoms with van der Waals surface area (Å²) >= 11 is 0. The number of nitrogens with one attached hydrogen (secondary N) is 1. The summed E-state index contributed by atoms with van der Waals surface area (Å²) < 4.78 is 5.10. The van der Waals surface area contributed by atoms with Gasteiger partial charge in [0.25, 0.3) is 0 Å². The molecule has 0 saturated heterocycles. The molecule has 0 aromatic rings. The maximum atomic E-state index is 11.7. The number of carbonyl (C=O) groups excluding carboxylic acids is 1. The van der Waals surface area contributed by atoms with Crippen LogP contribution in [0.3, 0.4) is 0 Å². The van der Waals surface area contributed by atoms with E-state index in [0.717, 1.165) is 6.42 Å². The van der Waals surface area contributed by atoms with Gasteiger partial charge in [0.15, 0.2) is 0 Å². The lowest BCUT2D eigenvalue weighted by molar-refractivity contribution is -0.149. The van der Waals surface area contributed by atoms with Gasteiger partial charge in [0.1, 0.15) is 0 Å². The molecule has 0 aliphatic heterocycles. The first-order valence-electron chi connectivity index (χ1n) is 5.30. The summed E-state index contributed by atoms with van der Waals surface area (Å²) in [6, 6.07) is 0.282. The van der Waals surface area contributed by atoms with E-state index in [2.05, 4.69) is 17.5 Å². The maximum Gasteiger partial charge on any atom is 0.311 e. The van der Waals surface area contributed by atoms with Crippen LogP contribution in [0.2, 0.25) is 0 Å². The molecule has 2 aliphatic rings. The average molecular weight is 195 g/mol. The second-order valence-corrected chi connectivity index (χ2v) is 4.04. The topological polar surface area (TPSA) is 38.3 Å². The number of fused-ring (bicyclic) bond motifs is 2. The van der Waals surface area contributed by atoms with Crippen LogP contribution >= 0.6 is 0 Å². The monoisotopic (exact) mass is 195 g/mol. The van der Waals surface area contributed by atoms with E-state index < -0.39 is 0 Å². The zero-order valence-corrected chi connectivity index (χ0v) is 8.69. The maximum absolute atomic E-state index is 11.7. The van der Waals surface area contributed by atoms with Crippen molar-refractivity contribution in [2.75, 3.05) is 13.7 Å². The Labute approximate surface area is 84.5 Å². The lowest BCUT2D eigenvalue weighted by Crippen LogP contribution is -2.41. The molecule has 1 saturated carbocycles. The molecular weight excluding hydrogens is 178 g/mol. The Balaban J connectivity index is 2.10. The van der Waals surface area contributed by atoms with Crippen LogP contribution in [0.4, 0.5) is 0 Å². The fourth-order valence-electron chi connectivity index (χ4n) is 2.78. The minimum Gasteiger partial charge on any atom is -0.466 e. The van der Waals surface area contributed by atoms with Gasteiger partial charge in [-0.3, -0.25) is 4.79 Å². The van der Waals surface area contributed by atoms with Crippen LogP contribution < -0.4 is 5.32 Å². The van der Waals surface area contributed by atoms with E-state index in [9.17, 15) is 4.79 Å². The fourth-order valence-corrected chi connectivity index (χ4v) is 2.78. The summed E-state index contributed by atoms with van der Waals surface area (Å²) in [5.74, 6) is 0.926. The van der Waals surface area contributed by atoms with Gasteiger partial charge in [0.2, 0.25) is 0 Å². The number of allylic oxidation sites excluding steroid dienone is 1. The molecule has 3 heteroatoms. The highest BCUT2D eigenvalue weighted by atomic mass is 16.5. The van der Waals surface area contributed by atoms with Gasteiger partial charge in [0.05, 0.1) is 12.5 Å². The second-order valence-electron chi connectivity index (χ2n) is 4.04. The Bertz CT molecular complexity index is 262. The van der Waals surface area contributed by atoms with Crippen LogP contribution in [-0.2, 0) is 9.53 Å². The Hall–Kier alpha value is -0.830. The number of carbonyl (C=O) groups is 1. The van der Waals surface area contributed by atoms with Crippen molar-refractivity contribution in [3.05, 3.63) is 12.2 Å². The van der Waals surface area contributed by atoms with Crippen LogP contribution in [0.1, 0.15) is 13.3 Å². The summed E-state index contributed by atoms with van der Waals surface area (Å²) in [5.41, 5.74) is 0. The molecule has 2 rings (SSSR count). The highest BCUT2D eigenvalue weighted by Gasteiger charge is 2.48. The normalized spacial score (nSPS) is 39.0. The molecule has 0 amide bonds. The van der Waals surface area contributed by atoms with Crippen LogP contribution in [-0.4, -0.2) is 25.7 Å². The van der Waals surface area contributed by atoms with Crippen LogP contribution in [0, 0.1) is 17.8 Å². The minimum absolute atomic E-state index is 0.0370. The van der Waals surface area contributed by atoms with Gasteiger partial charge in [-0.1, -0.05) is 12.2 Å². The fraction of sp³-hybridized carbons (Fsp3) is 0.727. The predicted molar refractivity (Wildman–Crippen MR) is 53.7 cm³/mol. The van der Waals surface area contributed by atoms with Crippen molar-refractivity contribution in [1.82, 2.24) is 5.32 Å². The van der Waals surface area contributed by atoms with Gasteiger partial charge in [-0.25, -0.2) is 0 Å². The van der Waals surface area contributed by atoms with Gasteiger partial charge in [-0.05, 0) is 32.2 Å². The van der Waals surface area contributed by atoms with Crippen LogP contribution in [0.5, 0.6) is 0 Å².